The first-order valence-electron chi connectivity index (χ1n) is 21.7. The van der Waals surface area contributed by atoms with Crippen LogP contribution in [0.25, 0.3) is 0 Å². The smallest absolute Gasteiger partial charge is 0.255 e. The standard InChI is InChI=1S/C48H48Cl2FN5O7/c49-29-16-19-34-36(25-29)53-46(63)48(34)39(32-12-8-13-35(50)40(32)51)41(43(59)52-30-17-14-28(15-18-30)45(61)62)56(47(48)22-4-2-5-23-47)24-6-1-3-9-27-10-7-11-31-33(27)26-55(44(31)60)37-20-21-38(57)54-42(37)58/h7-8,10-19,25,37,39,41,45,61-62H,1-6,9,20-24,26H2,(H,52,59)(H,53,63)(H,54,57,58)/t37?,39-,41+,48+/m0/s1. The fourth-order valence-corrected chi connectivity index (χ4v) is 11.9. The first-order valence-corrected chi connectivity index (χ1v) is 22.5. The second kappa shape index (κ2) is 17.1. The molecular weight excluding hydrogens is 848 g/mol. The normalized spacial score (nSPS) is 24.0. The van der Waals surface area contributed by atoms with Crippen LogP contribution in [0.1, 0.15) is 115 Å². The SMILES string of the molecule is O=C1CCC(N2Cc3c(CCCCCN4[C@@H](C(=O)Nc5ccc(C(O)O)cc5)[C@H](c5cccc(Cl)c5F)[C@]5(C(=O)Nc6cc(Cl)ccc65)C45CCCCC5)cccc3C2=O)C(=O)N1. The van der Waals surface area contributed by atoms with E-state index in [0.29, 0.717) is 59.8 Å². The number of benzene rings is 4. The Labute approximate surface area is 374 Å². The van der Waals surface area contributed by atoms with E-state index in [1.807, 2.05) is 18.2 Å². The maximum absolute atomic E-state index is 16.8. The summed E-state index contributed by atoms with van der Waals surface area (Å²) in [5.74, 6) is -3.52. The summed E-state index contributed by atoms with van der Waals surface area (Å²) in [6, 6.07) is 20.0. The first-order chi connectivity index (χ1) is 30.3. The number of nitrogens with one attached hydrogen (secondary N) is 3. The Hall–Kier alpha value is -5.18. The summed E-state index contributed by atoms with van der Waals surface area (Å²) < 4.78 is 16.8. The van der Waals surface area contributed by atoms with Crippen molar-refractivity contribution in [2.75, 3.05) is 17.2 Å². The fraction of sp³-hybridized carbons (Fsp3) is 0.396. The van der Waals surface area contributed by atoms with Crippen molar-refractivity contribution in [3.05, 3.63) is 128 Å². The molecule has 1 unspecified atom stereocenters. The van der Waals surface area contributed by atoms with E-state index >= 15 is 14.0 Å². The molecule has 5 N–H and O–H groups in total. The number of likely N-dealkylation sites (tertiary alicyclic amines) is 1. The van der Waals surface area contributed by atoms with Crippen molar-refractivity contribution in [3.63, 3.8) is 0 Å². The number of anilines is 2. The molecule has 4 atom stereocenters. The van der Waals surface area contributed by atoms with Crippen LogP contribution in [0.3, 0.4) is 0 Å². The molecule has 9 rings (SSSR count). The Kier molecular flexibility index (Phi) is 11.7. The molecule has 63 heavy (non-hydrogen) atoms. The second-order valence-corrected chi connectivity index (χ2v) is 18.3. The van der Waals surface area contributed by atoms with E-state index < -0.39 is 52.9 Å². The summed E-state index contributed by atoms with van der Waals surface area (Å²) in [7, 11) is 0. The number of carbonyl (C=O) groups excluding carboxylic acids is 5. The largest absolute Gasteiger partial charge is 0.364 e. The van der Waals surface area contributed by atoms with Gasteiger partial charge in [0.2, 0.25) is 23.6 Å². The lowest BCUT2D eigenvalue weighted by molar-refractivity contribution is -0.137. The molecule has 4 aromatic carbocycles. The van der Waals surface area contributed by atoms with Crippen LogP contribution in [-0.4, -0.2) is 73.7 Å². The van der Waals surface area contributed by atoms with Crippen molar-refractivity contribution >= 4 is 64.1 Å². The fourth-order valence-electron chi connectivity index (χ4n) is 11.5. The molecule has 4 aliphatic heterocycles. The zero-order valence-corrected chi connectivity index (χ0v) is 36.0. The third kappa shape index (κ3) is 7.22. The minimum absolute atomic E-state index is 0.125. The Balaban J connectivity index is 1.06. The number of rotatable bonds is 11. The van der Waals surface area contributed by atoms with Gasteiger partial charge in [-0.2, -0.15) is 0 Å². The topological polar surface area (TPSA) is 168 Å². The van der Waals surface area contributed by atoms with Crippen LogP contribution in [0.15, 0.2) is 78.9 Å². The number of fused-ring (bicyclic) bond motifs is 4. The summed E-state index contributed by atoms with van der Waals surface area (Å²) >= 11 is 13.1. The molecule has 5 aliphatic rings. The van der Waals surface area contributed by atoms with E-state index in [0.717, 1.165) is 43.2 Å². The van der Waals surface area contributed by atoms with Crippen molar-refractivity contribution in [1.82, 2.24) is 15.1 Å². The highest BCUT2D eigenvalue weighted by Crippen LogP contribution is 2.66. The number of hydrogen-bond donors (Lipinski definition) is 5. The minimum atomic E-state index is -1.70. The van der Waals surface area contributed by atoms with Gasteiger partial charge in [-0.25, -0.2) is 4.39 Å². The average molecular weight is 897 g/mol. The highest BCUT2D eigenvalue weighted by Gasteiger charge is 2.75. The molecule has 5 amide bonds. The zero-order valence-electron chi connectivity index (χ0n) is 34.5. The van der Waals surface area contributed by atoms with E-state index in [1.165, 1.54) is 18.2 Å². The molecule has 1 aliphatic carbocycles. The maximum Gasteiger partial charge on any atom is 0.255 e. The zero-order chi connectivity index (χ0) is 44.2. The summed E-state index contributed by atoms with van der Waals surface area (Å²) in [5.41, 5.74) is 2.05. The van der Waals surface area contributed by atoms with Gasteiger partial charge in [0.25, 0.3) is 5.91 Å². The Morgan fingerprint density at radius 1 is 0.905 bits per heavy atom. The molecule has 15 heteroatoms. The number of piperidine rings is 1. The molecular formula is C48H48Cl2FN5O7. The quantitative estimate of drug-likeness (QED) is 0.0595. The average Bonchev–Trinajstić information content (AvgIpc) is 3.84. The van der Waals surface area contributed by atoms with Crippen molar-refractivity contribution in [2.24, 2.45) is 0 Å². The monoisotopic (exact) mass is 895 g/mol. The van der Waals surface area contributed by atoms with Crippen molar-refractivity contribution < 1.29 is 38.6 Å². The number of halogens is 3. The lowest BCUT2D eigenvalue weighted by Crippen LogP contribution is -2.61. The first kappa shape index (κ1) is 43.1. The molecule has 4 heterocycles. The number of amides is 5. The lowest BCUT2D eigenvalue weighted by atomic mass is 9.55. The molecule has 2 spiro atoms. The van der Waals surface area contributed by atoms with Gasteiger partial charge >= 0.3 is 0 Å². The van der Waals surface area contributed by atoms with Gasteiger partial charge in [0.05, 0.1) is 11.1 Å². The second-order valence-electron chi connectivity index (χ2n) is 17.4. The van der Waals surface area contributed by atoms with Crippen molar-refractivity contribution in [3.8, 4) is 0 Å². The molecule has 0 radical (unpaired) electrons. The van der Waals surface area contributed by atoms with E-state index in [-0.39, 0.29) is 53.3 Å². The van der Waals surface area contributed by atoms with E-state index in [4.69, 9.17) is 23.2 Å². The number of imide groups is 1. The van der Waals surface area contributed by atoms with E-state index in [2.05, 4.69) is 20.9 Å². The molecule has 0 bridgehead atoms. The highest BCUT2D eigenvalue weighted by molar-refractivity contribution is 6.31. The van der Waals surface area contributed by atoms with E-state index in [9.17, 15) is 24.6 Å². The molecule has 328 valence electrons. The van der Waals surface area contributed by atoms with Crippen molar-refractivity contribution in [1.29, 1.82) is 0 Å². The summed E-state index contributed by atoms with van der Waals surface area (Å²) in [6.45, 7) is 0.685. The number of aliphatic hydroxyl groups is 2. The maximum atomic E-state index is 16.8. The van der Waals surface area contributed by atoms with Crippen LogP contribution in [-0.2, 0) is 37.6 Å². The third-order valence-electron chi connectivity index (χ3n) is 14.2. The predicted octanol–water partition coefficient (Wildman–Crippen LogP) is 7.29. The molecule has 0 aromatic heterocycles. The summed E-state index contributed by atoms with van der Waals surface area (Å²) in [5, 5.41) is 28.3. The molecule has 12 nitrogen and oxygen atoms in total. The van der Waals surface area contributed by atoms with Gasteiger partial charge in [-0.1, -0.05) is 91.3 Å². The number of unbranched alkanes of at least 4 members (excludes halogenated alkanes) is 2. The Morgan fingerprint density at radius 3 is 2.41 bits per heavy atom. The van der Waals surface area contributed by atoms with E-state index in [1.54, 1.807) is 47.4 Å². The number of carbonyl (C=O) groups is 5. The third-order valence-corrected chi connectivity index (χ3v) is 14.7. The van der Waals surface area contributed by atoms with Gasteiger partial charge in [-0.15, -0.1) is 0 Å². The molecule has 1 saturated carbocycles. The Morgan fingerprint density at radius 2 is 1.67 bits per heavy atom. The molecule has 4 aromatic rings. The highest BCUT2D eigenvalue weighted by atomic mass is 35.5. The van der Waals surface area contributed by atoms with Crippen LogP contribution in [0.4, 0.5) is 15.8 Å². The van der Waals surface area contributed by atoms with Gasteiger partial charge in [0.1, 0.15) is 17.3 Å². The molecule has 3 fully saturated rings. The van der Waals surface area contributed by atoms with Gasteiger partial charge in [0, 0.05) is 51.9 Å². The van der Waals surface area contributed by atoms with Crippen LogP contribution >= 0.6 is 23.2 Å². The lowest BCUT2D eigenvalue weighted by Gasteiger charge is -2.51. The van der Waals surface area contributed by atoms with Gasteiger partial charge in [-0.05, 0) is 104 Å². The van der Waals surface area contributed by atoms with Gasteiger partial charge in [0.15, 0.2) is 6.29 Å². The minimum Gasteiger partial charge on any atom is -0.364 e. The predicted molar refractivity (Wildman–Crippen MR) is 235 cm³/mol. The summed E-state index contributed by atoms with van der Waals surface area (Å²) in [4.78, 5) is 72.2. The molecule has 2 saturated heterocycles. The summed E-state index contributed by atoms with van der Waals surface area (Å²) in [6.07, 6.45) is 5.15. The van der Waals surface area contributed by atoms with Crippen LogP contribution < -0.4 is 16.0 Å². The number of nitrogens with zero attached hydrogens (tertiary/aromatic N) is 2. The van der Waals surface area contributed by atoms with Crippen LogP contribution in [0, 0.1) is 5.82 Å². The van der Waals surface area contributed by atoms with Crippen molar-refractivity contribution in [2.45, 2.75) is 112 Å². The number of aryl methyl sites for hydroxylation is 1. The van der Waals surface area contributed by atoms with Crippen LogP contribution in [0.2, 0.25) is 10.0 Å². The van der Waals surface area contributed by atoms with Gasteiger partial charge < -0.3 is 25.7 Å². The number of hydrogen-bond acceptors (Lipinski definition) is 8. The van der Waals surface area contributed by atoms with Gasteiger partial charge in [-0.3, -0.25) is 34.2 Å². The van der Waals surface area contributed by atoms with Crippen LogP contribution in [0.5, 0.6) is 0 Å². The number of aliphatic hydroxyl groups excluding tert-OH is 1. The Bertz CT molecular complexity index is 2510.